The molecular formula is C52H34N2O. The van der Waals surface area contributed by atoms with Gasteiger partial charge in [-0.3, -0.25) is 0 Å². The Hall–Kier alpha value is -7.36. The lowest BCUT2D eigenvalue weighted by molar-refractivity contribution is 0.670. The molecule has 0 spiro atoms. The van der Waals surface area contributed by atoms with E-state index in [9.17, 15) is 0 Å². The molecule has 258 valence electrons. The summed E-state index contributed by atoms with van der Waals surface area (Å²) in [4.78, 5) is 2.44. The molecular weight excluding hydrogens is 669 g/mol. The molecule has 3 nitrogen and oxygen atoms in total. The second kappa shape index (κ2) is 12.6. The molecule has 0 N–H and O–H groups in total. The number of fused-ring (bicyclic) bond motifs is 7. The quantitative estimate of drug-likeness (QED) is 0.172. The minimum Gasteiger partial charge on any atom is -0.455 e. The minimum atomic E-state index is 0.860. The molecule has 11 rings (SSSR count). The van der Waals surface area contributed by atoms with Gasteiger partial charge in [-0.1, -0.05) is 152 Å². The molecule has 0 bridgehead atoms. The summed E-state index contributed by atoms with van der Waals surface area (Å²) in [5.74, 6) is 0. The molecule has 0 amide bonds. The summed E-state index contributed by atoms with van der Waals surface area (Å²) in [6.45, 7) is 0. The summed E-state index contributed by atoms with van der Waals surface area (Å²) >= 11 is 0. The maximum absolute atomic E-state index is 6.94. The third kappa shape index (κ3) is 4.98. The summed E-state index contributed by atoms with van der Waals surface area (Å²) in [6, 6.07) is 73.8. The average Bonchev–Trinajstić information content (AvgIpc) is 3.81. The van der Waals surface area contributed by atoms with Gasteiger partial charge < -0.3 is 13.9 Å². The molecule has 11 aromatic rings. The predicted octanol–water partition coefficient (Wildman–Crippen LogP) is 14.6. The van der Waals surface area contributed by atoms with Gasteiger partial charge in [0.05, 0.1) is 33.5 Å². The van der Waals surface area contributed by atoms with Crippen LogP contribution < -0.4 is 4.90 Å². The summed E-state index contributed by atoms with van der Waals surface area (Å²) < 4.78 is 9.32. The van der Waals surface area contributed by atoms with E-state index >= 15 is 0 Å². The van der Waals surface area contributed by atoms with Crippen molar-refractivity contribution < 1.29 is 4.42 Å². The van der Waals surface area contributed by atoms with Crippen LogP contribution in [-0.4, -0.2) is 4.57 Å². The molecule has 0 unspecified atom stereocenters. The highest BCUT2D eigenvalue weighted by Crippen LogP contribution is 2.49. The smallest absolute Gasteiger partial charge is 0.145 e. The number of anilines is 3. The van der Waals surface area contributed by atoms with E-state index in [-0.39, 0.29) is 0 Å². The molecule has 0 aliphatic carbocycles. The highest BCUT2D eigenvalue weighted by molar-refractivity contribution is 6.18. The number of rotatable bonds is 6. The molecule has 2 heterocycles. The van der Waals surface area contributed by atoms with Gasteiger partial charge in [-0.05, 0) is 71.1 Å². The molecule has 2 aromatic heterocycles. The largest absolute Gasteiger partial charge is 0.455 e. The highest BCUT2D eigenvalue weighted by atomic mass is 16.3. The van der Waals surface area contributed by atoms with Crippen LogP contribution in [0.4, 0.5) is 17.1 Å². The predicted molar refractivity (Wildman–Crippen MR) is 231 cm³/mol. The summed E-state index contributed by atoms with van der Waals surface area (Å²) in [5, 5.41) is 7.01. The van der Waals surface area contributed by atoms with Gasteiger partial charge in [0.1, 0.15) is 11.2 Å². The summed E-state index contributed by atoms with van der Waals surface area (Å²) in [7, 11) is 0. The maximum atomic E-state index is 6.94. The number of aromatic nitrogens is 1. The van der Waals surface area contributed by atoms with E-state index in [1.54, 1.807) is 0 Å². The van der Waals surface area contributed by atoms with Gasteiger partial charge in [0.25, 0.3) is 0 Å². The molecule has 0 radical (unpaired) electrons. The number of hydrogen-bond acceptors (Lipinski definition) is 2. The van der Waals surface area contributed by atoms with E-state index in [4.69, 9.17) is 4.42 Å². The first-order valence-electron chi connectivity index (χ1n) is 18.8. The van der Waals surface area contributed by atoms with Crippen molar-refractivity contribution in [1.29, 1.82) is 0 Å². The Morgan fingerprint density at radius 3 is 1.80 bits per heavy atom. The average molecular weight is 703 g/mol. The summed E-state index contributed by atoms with van der Waals surface area (Å²) in [5.41, 5.74) is 12.9. The van der Waals surface area contributed by atoms with Crippen LogP contribution in [0.5, 0.6) is 0 Å². The van der Waals surface area contributed by atoms with E-state index in [0.717, 1.165) is 66.9 Å². The van der Waals surface area contributed by atoms with Gasteiger partial charge in [-0.25, -0.2) is 0 Å². The first kappa shape index (κ1) is 31.2. The SMILES string of the molecule is c1ccc(-c2ccccc2N(c2cccc3ccccc23)c2ccc(-c3cccc(-n4c5ccccc5c5ccccc54)c3)c3oc4ccccc4c23)cc1. The standard InChI is InChI=1S/C52H34N2O/c1-2-16-35(17-3-1)39-23-6-10-27-45(39)54(46-30-15-19-36-18-4-5-22-40(36)46)49-33-32-41(52-51(49)44-26-9-13-31-50(44)55-52)37-20-14-21-38(34-37)53-47-28-11-7-24-42(47)43-25-8-12-29-48(43)53/h1-34H. The van der Waals surface area contributed by atoms with Crippen molar-refractivity contribution >= 4 is 71.6 Å². The Morgan fingerprint density at radius 1 is 0.382 bits per heavy atom. The fourth-order valence-electron chi connectivity index (χ4n) is 8.56. The van der Waals surface area contributed by atoms with Gasteiger partial charge in [-0.2, -0.15) is 0 Å². The Bertz CT molecular complexity index is 3170. The van der Waals surface area contributed by atoms with Crippen LogP contribution in [0.15, 0.2) is 211 Å². The van der Waals surface area contributed by atoms with E-state index in [2.05, 4.69) is 216 Å². The van der Waals surface area contributed by atoms with Gasteiger partial charge in [0.2, 0.25) is 0 Å². The Labute approximate surface area is 318 Å². The lowest BCUT2D eigenvalue weighted by Crippen LogP contribution is -2.12. The summed E-state index contributed by atoms with van der Waals surface area (Å²) in [6.07, 6.45) is 0. The van der Waals surface area contributed by atoms with Crippen molar-refractivity contribution in [3.8, 4) is 27.9 Å². The number of benzene rings is 9. The monoisotopic (exact) mass is 702 g/mol. The van der Waals surface area contributed by atoms with Crippen LogP contribution in [0, 0.1) is 0 Å². The Kier molecular flexibility index (Phi) is 7.17. The van der Waals surface area contributed by atoms with Crippen molar-refractivity contribution in [2.45, 2.75) is 0 Å². The van der Waals surface area contributed by atoms with Crippen LogP contribution in [0.25, 0.3) is 82.5 Å². The first-order valence-corrected chi connectivity index (χ1v) is 18.8. The van der Waals surface area contributed by atoms with Gasteiger partial charge >= 0.3 is 0 Å². The number of furan rings is 1. The van der Waals surface area contributed by atoms with Crippen molar-refractivity contribution in [2.75, 3.05) is 4.90 Å². The molecule has 0 saturated carbocycles. The fraction of sp³-hybridized carbons (Fsp3) is 0. The van der Waals surface area contributed by atoms with Crippen LogP contribution in [-0.2, 0) is 0 Å². The minimum absolute atomic E-state index is 0.860. The zero-order valence-electron chi connectivity index (χ0n) is 29.9. The van der Waals surface area contributed by atoms with Crippen molar-refractivity contribution in [1.82, 2.24) is 4.57 Å². The second-order valence-corrected chi connectivity index (χ2v) is 14.1. The van der Waals surface area contributed by atoms with Gasteiger partial charge in [-0.15, -0.1) is 0 Å². The molecule has 0 aliphatic heterocycles. The van der Waals surface area contributed by atoms with Crippen LogP contribution in [0.2, 0.25) is 0 Å². The van der Waals surface area contributed by atoms with Crippen LogP contribution in [0.3, 0.4) is 0 Å². The lowest BCUT2D eigenvalue weighted by atomic mass is 9.97. The first-order chi connectivity index (χ1) is 27.3. The molecule has 0 atom stereocenters. The third-order valence-corrected chi connectivity index (χ3v) is 11.0. The number of para-hydroxylation sites is 4. The van der Waals surface area contributed by atoms with Gasteiger partial charge in [0, 0.05) is 38.4 Å². The van der Waals surface area contributed by atoms with Crippen molar-refractivity contribution in [2.24, 2.45) is 0 Å². The van der Waals surface area contributed by atoms with Crippen LogP contribution in [0.1, 0.15) is 0 Å². The van der Waals surface area contributed by atoms with E-state index in [1.807, 2.05) is 0 Å². The zero-order chi connectivity index (χ0) is 36.3. The second-order valence-electron chi connectivity index (χ2n) is 14.1. The van der Waals surface area contributed by atoms with Gasteiger partial charge in [0.15, 0.2) is 0 Å². The van der Waals surface area contributed by atoms with E-state index in [1.165, 1.54) is 32.6 Å². The molecule has 55 heavy (non-hydrogen) atoms. The molecule has 0 aliphatic rings. The number of nitrogens with zero attached hydrogens (tertiary/aromatic N) is 2. The number of hydrogen-bond donors (Lipinski definition) is 0. The Morgan fingerprint density at radius 2 is 0.982 bits per heavy atom. The van der Waals surface area contributed by atoms with Crippen molar-refractivity contribution in [3.63, 3.8) is 0 Å². The normalized spacial score (nSPS) is 11.6. The lowest BCUT2D eigenvalue weighted by Gasteiger charge is -2.30. The third-order valence-electron chi connectivity index (χ3n) is 11.0. The van der Waals surface area contributed by atoms with Crippen molar-refractivity contribution in [3.05, 3.63) is 206 Å². The fourth-order valence-corrected chi connectivity index (χ4v) is 8.56. The van der Waals surface area contributed by atoms with E-state index in [0.29, 0.717) is 0 Å². The Balaban J connectivity index is 1.19. The molecule has 0 fully saturated rings. The van der Waals surface area contributed by atoms with Crippen LogP contribution >= 0.6 is 0 Å². The van der Waals surface area contributed by atoms with E-state index < -0.39 is 0 Å². The topological polar surface area (TPSA) is 21.3 Å². The molecule has 9 aromatic carbocycles. The maximum Gasteiger partial charge on any atom is 0.145 e. The molecule has 3 heteroatoms. The zero-order valence-corrected chi connectivity index (χ0v) is 29.9. The highest BCUT2D eigenvalue weighted by Gasteiger charge is 2.25. The molecule has 0 saturated heterocycles.